The van der Waals surface area contributed by atoms with Gasteiger partial charge in [0.15, 0.2) is 5.82 Å². The number of H-pyrrole nitrogens is 1. The molecule has 0 aliphatic carbocycles. The highest BCUT2D eigenvalue weighted by Crippen LogP contribution is 2.33. The molecule has 2 aromatic heterocycles. The number of aliphatic imine (C=N–C) groups is 1. The molecule has 132 valence electrons. The van der Waals surface area contributed by atoms with Gasteiger partial charge in [-0.15, -0.1) is 0 Å². The molecular formula is C19H17FN4O2. The highest BCUT2D eigenvalue weighted by molar-refractivity contribution is 6.14. The van der Waals surface area contributed by atoms with Crippen LogP contribution in [-0.4, -0.2) is 26.2 Å². The Kier molecular flexibility index (Phi) is 3.72. The lowest BCUT2D eigenvalue weighted by Crippen LogP contribution is -2.12. The minimum absolute atomic E-state index is 0.370. The van der Waals surface area contributed by atoms with Gasteiger partial charge in [0.2, 0.25) is 0 Å². The van der Waals surface area contributed by atoms with Gasteiger partial charge in [-0.2, -0.15) is 0 Å². The molecule has 0 saturated heterocycles. The van der Waals surface area contributed by atoms with E-state index >= 15 is 0 Å². The molecule has 0 spiro atoms. The zero-order valence-corrected chi connectivity index (χ0v) is 14.6. The maximum absolute atomic E-state index is 14.1. The fraction of sp³-hybridized carbons (Fsp3) is 0.211. The molecule has 1 unspecified atom stereocenters. The molecule has 3 heterocycles. The van der Waals surface area contributed by atoms with Crippen molar-refractivity contribution in [2.45, 2.75) is 27.0 Å². The van der Waals surface area contributed by atoms with Crippen LogP contribution in [-0.2, 0) is 9.53 Å². The summed E-state index contributed by atoms with van der Waals surface area (Å²) in [5.74, 6) is -0.346. The molecule has 0 amide bonds. The van der Waals surface area contributed by atoms with E-state index in [1.165, 1.54) is 19.1 Å². The maximum Gasteiger partial charge on any atom is 0.304 e. The first-order chi connectivity index (χ1) is 12.5. The Morgan fingerprint density at radius 1 is 1.31 bits per heavy atom. The molecule has 1 aliphatic rings. The molecule has 1 N–H and O–H groups in total. The minimum atomic E-state index is -0.923. The fourth-order valence-electron chi connectivity index (χ4n) is 3.17. The van der Waals surface area contributed by atoms with Gasteiger partial charge in [0.1, 0.15) is 5.82 Å². The minimum Gasteiger partial charge on any atom is -0.432 e. The van der Waals surface area contributed by atoms with Gasteiger partial charge < -0.3 is 9.72 Å². The molecule has 0 saturated carbocycles. The van der Waals surface area contributed by atoms with Crippen molar-refractivity contribution in [1.29, 1.82) is 0 Å². The number of nitrogens with one attached hydrogen (secondary N) is 1. The number of aryl methyl sites for hydroxylation is 1. The van der Waals surface area contributed by atoms with Gasteiger partial charge in [-0.3, -0.25) is 9.36 Å². The van der Waals surface area contributed by atoms with Crippen molar-refractivity contribution in [2.24, 2.45) is 4.99 Å². The van der Waals surface area contributed by atoms with Crippen LogP contribution >= 0.6 is 0 Å². The third-order valence-corrected chi connectivity index (χ3v) is 4.42. The number of aromatic amines is 1. The van der Waals surface area contributed by atoms with Crippen molar-refractivity contribution < 1.29 is 13.9 Å². The summed E-state index contributed by atoms with van der Waals surface area (Å²) in [5.41, 5.74) is 4.23. The summed E-state index contributed by atoms with van der Waals surface area (Å²) in [4.78, 5) is 23.9. The number of fused-ring (bicyclic) bond motifs is 3. The lowest BCUT2D eigenvalue weighted by molar-refractivity contribution is -0.146. The first kappa shape index (κ1) is 16.3. The second kappa shape index (κ2) is 5.94. The quantitative estimate of drug-likeness (QED) is 0.719. The van der Waals surface area contributed by atoms with E-state index in [-0.39, 0.29) is 5.82 Å². The van der Waals surface area contributed by atoms with Gasteiger partial charge >= 0.3 is 5.97 Å². The van der Waals surface area contributed by atoms with Crippen molar-refractivity contribution in [3.05, 3.63) is 70.8 Å². The monoisotopic (exact) mass is 352 g/mol. The number of hydrogen-bond donors (Lipinski definition) is 1. The number of halogens is 1. The lowest BCUT2D eigenvalue weighted by Gasteiger charge is -2.14. The van der Waals surface area contributed by atoms with Crippen LogP contribution in [0.2, 0.25) is 0 Å². The molecule has 1 aromatic carbocycles. The van der Waals surface area contributed by atoms with E-state index in [9.17, 15) is 9.18 Å². The number of rotatable bonds is 2. The number of carbonyl (C=O) groups excluding carboxylic acids is 1. The SMILES string of the molecule is CC(=O)OC1N=C(c2ccc[nH]2)c2cc(F)ccc2-n2c1nc(C)c2C. The van der Waals surface area contributed by atoms with Crippen LogP contribution in [0.3, 0.4) is 0 Å². The third-order valence-electron chi connectivity index (χ3n) is 4.42. The number of benzene rings is 1. The number of nitrogens with zero attached hydrogens (tertiary/aromatic N) is 3. The number of esters is 1. The summed E-state index contributed by atoms with van der Waals surface area (Å²) < 4.78 is 21.4. The Morgan fingerprint density at radius 3 is 2.81 bits per heavy atom. The topological polar surface area (TPSA) is 72.3 Å². The molecular weight excluding hydrogens is 335 g/mol. The third kappa shape index (κ3) is 2.52. The summed E-state index contributed by atoms with van der Waals surface area (Å²) in [6.07, 6.45) is 0.838. The molecule has 1 atom stereocenters. The average molecular weight is 352 g/mol. The molecule has 6 nitrogen and oxygen atoms in total. The fourth-order valence-corrected chi connectivity index (χ4v) is 3.17. The first-order valence-corrected chi connectivity index (χ1v) is 8.20. The van der Waals surface area contributed by atoms with E-state index < -0.39 is 12.2 Å². The highest BCUT2D eigenvalue weighted by Gasteiger charge is 2.30. The largest absolute Gasteiger partial charge is 0.432 e. The normalized spacial score (nSPS) is 15.7. The van der Waals surface area contributed by atoms with Crippen molar-refractivity contribution in [2.75, 3.05) is 0 Å². The van der Waals surface area contributed by atoms with Gasteiger partial charge in [-0.25, -0.2) is 14.4 Å². The summed E-state index contributed by atoms with van der Waals surface area (Å²) in [5, 5.41) is 0. The van der Waals surface area contributed by atoms with E-state index in [0.29, 0.717) is 22.8 Å². The summed E-state index contributed by atoms with van der Waals surface area (Å²) >= 11 is 0. The van der Waals surface area contributed by atoms with Crippen molar-refractivity contribution in [1.82, 2.24) is 14.5 Å². The Morgan fingerprint density at radius 2 is 2.12 bits per heavy atom. The molecule has 26 heavy (non-hydrogen) atoms. The zero-order valence-electron chi connectivity index (χ0n) is 14.6. The highest BCUT2D eigenvalue weighted by atomic mass is 19.1. The summed E-state index contributed by atoms with van der Waals surface area (Å²) in [6, 6.07) is 8.19. The molecule has 7 heteroatoms. The van der Waals surface area contributed by atoms with Crippen molar-refractivity contribution in [3.63, 3.8) is 0 Å². The van der Waals surface area contributed by atoms with Gasteiger partial charge in [-0.1, -0.05) is 0 Å². The van der Waals surface area contributed by atoms with Gasteiger partial charge in [0, 0.05) is 24.4 Å². The molecule has 0 bridgehead atoms. The first-order valence-electron chi connectivity index (χ1n) is 8.20. The van der Waals surface area contributed by atoms with Crippen LogP contribution in [0.1, 0.15) is 41.6 Å². The van der Waals surface area contributed by atoms with Crippen LogP contribution in [0.5, 0.6) is 0 Å². The maximum atomic E-state index is 14.1. The molecule has 3 aromatic rings. The molecule has 1 aliphatic heterocycles. The van der Waals surface area contributed by atoms with Crippen LogP contribution in [0.15, 0.2) is 41.5 Å². The van der Waals surface area contributed by atoms with E-state index in [1.54, 1.807) is 12.3 Å². The van der Waals surface area contributed by atoms with Gasteiger partial charge in [0.25, 0.3) is 6.23 Å². The van der Waals surface area contributed by atoms with Crippen LogP contribution in [0, 0.1) is 19.7 Å². The van der Waals surface area contributed by atoms with E-state index in [0.717, 1.165) is 17.1 Å². The predicted molar refractivity (Wildman–Crippen MR) is 93.9 cm³/mol. The number of hydrogen-bond acceptors (Lipinski definition) is 4. The van der Waals surface area contributed by atoms with Gasteiger partial charge in [-0.05, 0) is 44.2 Å². The zero-order chi connectivity index (χ0) is 18.4. The van der Waals surface area contributed by atoms with Crippen LogP contribution in [0.4, 0.5) is 4.39 Å². The summed E-state index contributed by atoms with van der Waals surface area (Å²) in [7, 11) is 0. The Bertz CT molecular complexity index is 1030. The van der Waals surface area contributed by atoms with E-state index in [1.807, 2.05) is 30.5 Å². The average Bonchev–Trinajstić information content (AvgIpc) is 3.18. The predicted octanol–water partition coefficient (Wildman–Crippen LogP) is 3.37. The van der Waals surface area contributed by atoms with E-state index in [2.05, 4.69) is 15.0 Å². The van der Waals surface area contributed by atoms with Gasteiger partial charge in [0.05, 0.1) is 22.8 Å². The number of ether oxygens (including phenoxy) is 1. The second-order valence-corrected chi connectivity index (χ2v) is 6.16. The molecule has 4 rings (SSSR count). The Labute approximate surface area is 149 Å². The Hall–Kier alpha value is -3.22. The molecule has 0 radical (unpaired) electrons. The second-order valence-electron chi connectivity index (χ2n) is 6.16. The number of imidazole rings is 1. The molecule has 0 fully saturated rings. The Balaban J connectivity index is 2.06. The van der Waals surface area contributed by atoms with Crippen molar-refractivity contribution in [3.8, 4) is 5.69 Å². The standard InChI is InChI=1S/C19H17FN4O2/c1-10-11(2)24-16-7-6-13(20)9-14(16)17(15-5-4-8-21-15)23-19(18(24)22-10)26-12(3)25/h4-9,19,21H,1-3H3. The van der Waals surface area contributed by atoms with Crippen molar-refractivity contribution >= 4 is 11.7 Å². The number of carbonyl (C=O) groups is 1. The van der Waals surface area contributed by atoms with Crippen LogP contribution < -0.4 is 0 Å². The summed E-state index contributed by atoms with van der Waals surface area (Å²) in [6.45, 7) is 5.12. The smallest absolute Gasteiger partial charge is 0.304 e. The number of aromatic nitrogens is 3. The lowest BCUT2D eigenvalue weighted by atomic mass is 10.0. The van der Waals surface area contributed by atoms with E-state index in [4.69, 9.17) is 4.74 Å². The van der Waals surface area contributed by atoms with Crippen LogP contribution in [0.25, 0.3) is 5.69 Å².